The van der Waals surface area contributed by atoms with Crippen LogP contribution in [-0.4, -0.2) is 24.4 Å². The van der Waals surface area contributed by atoms with Crippen molar-refractivity contribution in [3.05, 3.63) is 11.3 Å². The molecule has 1 fully saturated rings. The lowest BCUT2D eigenvalue weighted by molar-refractivity contribution is -0.293. The van der Waals surface area contributed by atoms with E-state index < -0.39 is 6.10 Å². The van der Waals surface area contributed by atoms with E-state index in [9.17, 15) is 5.11 Å². The van der Waals surface area contributed by atoms with Crippen LogP contribution in [0.4, 0.5) is 0 Å². The molecule has 16 heavy (non-hydrogen) atoms. The van der Waals surface area contributed by atoms with Crippen LogP contribution in [0, 0.1) is 11.8 Å². The Morgan fingerprint density at radius 1 is 1.38 bits per heavy atom. The van der Waals surface area contributed by atoms with Gasteiger partial charge in [-0.25, -0.2) is 9.78 Å². The van der Waals surface area contributed by atoms with Gasteiger partial charge in [0, 0.05) is 12.1 Å². The van der Waals surface area contributed by atoms with Crippen LogP contribution in [0.15, 0.2) is 11.3 Å². The molecule has 92 valence electrons. The average Bonchev–Trinajstić information content (AvgIpc) is 3.00. The van der Waals surface area contributed by atoms with E-state index in [2.05, 4.69) is 0 Å². The Morgan fingerprint density at radius 3 is 2.88 bits per heavy atom. The van der Waals surface area contributed by atoms with Crippen LogP contribution in [0.5, 0.6) is 0 Å². The largest absolute Gasteiger partial charge is 0.402 e. The van der Waals surface area contributed by atoms with Gasteiger partial charge in [0.2, 0.25) is 0 Å². The Bertz CT molecular complexity index is 277. The van der Waals surface area contributed by atoms with Crippen LogP contribution in [0.1, 0.15) is 32.6 Å². The van der Waals surface area contributed by atoms with Gasteiger partial charge in [-0.2, -0.15) is 0 Å². The SMILES string of the molecule is CCOOCCC(O)C1=C(N)CC2CC2C1. The number of rotatable bonds is 6. The molecule has 0 radical (unpaired) electrons. The van der Waals surface area contributed by atoms with Crippen molar-refractivity contribution in [3.63, 3.8) is 0 Å². The van der Waals surface area contributed by atoms with Crippen LogP contribution in [0.2, 0.25) is 0 Å². The van der Waals surface area contributed by atoms with Crippen molar-refractivity contribution in [1.82, 2.24) is 0 Å². The zero-order chi connectivity index (χ0) is 11.5. The molecule has 2 aliphatic carbocycles. The summed E-state index contributed by atoms with van der Waals surface area (Å²) >= 11 is 0. The minimum atomic E-state index is -0.456. The van der Waals surface area contributed by atoms with E-state index in [1.807, 2.05) is 6.92 Å². The minimum Gasteiger partial charge on any atom is -0.402 e. The van der Waals surface area contributed by atoms with Crippen molar-refractivity contribution in [3.8, 4) is 0 Å². The molecule has 0 amide bonds. The normalized spacial score (nSPS) is 30.1. The van der Waals surface area contributed by atoms with Gasteiger partial charge < -0.3 is 10.8 Å². The van der Waals surface area contributed by atoms with E-state index in [1.54, 1.807) is 0 Å². The highest BCUT2D eigenvalue weighted by atomic mass is 17.2. The summed E-state index contributed by atoms with van der Waals surface area (Å²) in [6.45, 7) is 2.82. The Balaban J connectivity index is 1.77. The molecular formula is C12H21NO3. The fourth-order valence-electron chi connectivity index (χ4n) is 2.46. The van der Waals surface area contributed by atoms with Crippen LogP contribution in [0.25, 0.3) is 0 Å². The van der Waals surface area contributed by atoms with E-state index in [4.69, 9.17) is 15.5 Å². The number of hydrogen-bond acceptors (Lipinski definition) is 4. The molecule has 3 atom stereocenters. The predicted molar refractivity (Wildman–Crippen MR) is 60.2 cm³/mol. The Morgan fingerprint density at radius 2 is 2.12 bits per heavy atom. The van der Waals surface area contributed by atoms with Gasteiger partial charge in [0.25, 0.3) is 0 Å². The molecule has 2 rings (SSSR count). The van der Waals surface area contributed by atoms with Gasteiger partial charge in [-0.1, -0.05) is 0 Å². The van der Waals surface area contributed by atoms with Gasteiger partial charge in [0.05, 0.1) is 19.3 Å². The second kappa shape index (κ2) is 5.17. The van der Waals surface area contributed by atoms with Crippen molar-refractivity contribution in [1.29, 1.82) is 0 Å². The fraction of sp³-hybridized carbons (Fsp3) is 0.833. The summed E-state index contributed by atoms with van der Waals surface area (Å²) < 4.78 is 0. The molecule has 3 unspecified atom stereocenters. The molecule has 2 aliphatic rings. The molecule has 0 aromatic carbocycles. The molecule has 0 spiro atoms. The lowest BCUT2D eigenvalue weighted by Crippen LogP contribution is -2.21. The van der Waals surface area contributed by atoms with E-state index >= 15 is 0 Å². The van der Waals surface area contributed by atoms with Crippen molar-refractivity contribution in [2.24, 2.45) is 17.6 Å². The number of hydrogen-bond donors (Lipinski definition) is 2. The van der Waals surface area contributed by atoms with Crippen molar-refractivity contribution in [2.75, 3.05) is 13.2 Å². The summed E-state index contributed by atoms with van der Waals surface area (Å²) in [5.41, 5.74) is 7.92. The monoisotopic (exact) mass is 227 g/mol. The maximum absolute atomic E-state index is 10.0. The first kappa shape index (κ1) is 11.9. The lowest BCUT2D eigenvalue weighted by Gasteiger charge is -2.21. The summed E-state index contributed by atoms with van der Waals surface area (Å²) in [5, 5.41) is 10.0. The molecule has 0 aromatic heterocycles. The molecule has 0 heterocycles. The average molecular weight is 227 g/mol. The molecular weight excluding hydrogens is 206 g/mol. The van der Waals surface area contributed by atoms with Gasteiger partial charge in [0.1, 0.15) is 0 Å². The summed E-state index contributed by atoms with van der Waals surface area (Å²) in [4.78, 5) is 9.66. The Kier molecular flexibility index (Phi) is 3.84. The molecule has 0 saturated heterocycles. The Labute approximate surface area is 96.3 Å². The highest BCUT2D eigenvalue weighted by Crippen LogP contribution is 2.51. The van der Waals surface area contributed by atoms with Gasteiger partial charge in [-0.3, -0.25) is 0 Å². The number of nitrogens with two attached hydrogens (primary N) is 1. The highest BCUT2D eigenvalue weighted by molar-refractivity contribution is 5.23. The van der Waals surface area contributed by atoms with Gasteiger partial charge in [-0.15, -0.1) is 0 Å². The standard InChI is InChI=1S/C12H21NO3/c1-2-15-16-4-3-12(14)10-6-8-5-9(8)7-11(10)13/h8-9,12,14H,2-7,13H2,1H3. The maximum atomic E-state index is 10.0. The van der Waals surface area contributed by atoms with Crippen LogP contribution in [0.3, 0.4) is 0 Å². The lowest BCUT2D eigenvalue weighted by atomic mass is 9.91. The van der Waals surface area contributed by atoms with Gasteiger partial charge >= 0.3 is 0 Å². The van der Waals surface area contributed by atoms with Crippen molar-refractivity contribution < 1.29 is 14.9 Å². The topological polar surface area (TPSA) is 64.7 Å². The summed E-state index contributed by atoms with van der Waals surface area (Å²) in [6, 6.07) is 0. The predicted octanol–water partition coefficient (Wildman–Crippen LogP) is 1.35. The van der Waals surface area contributed by atoms with E-state index in [0.29, 0.717) is 19.6 Å². The summed E-state index contributed by atoms with van der Waals surface area (Å²) in [7, 11) is 0. The molecule has 4 nitrogen and oxygen atoms in total. The fourth-order valence-corrected chi connectivity index (χ4v) is 2.46. The van der Waals surface area contributed by atoms with Crippen LogP contribution in [-0.2, 0) is 9.78 Å². The van der Waals surface area contributed by atoms with Gasteiger partial charge in [0.15, 0.2) is 0 Å². The second-order valence-corrected chi connectivity index (χ2v) is 4.75. The highest BCUT2D eigenvalue weighted by Gasteiger charge is 2.42. The minimum absolute atomic E-state index is 0.417. The molecule has 3 N–H and O–H groups in total. The summed E-state index contributed by atoms with van der Waals surface area (Å²) in [5.74, 6) is 1.58. The number of aliphatic hydroxyl groups is 1. The second-order valence-electron chi connectivity index (χ2n) is 4.75. The maximum Gasteiger partial charge on any atom is 0.0850 e. The third-order valence-electron chi connectivity index (χ3n) is 3.52. The van der Waals surface area contributed by atoms with Crippen molar-refractivity contribution >= 4 is 0 Å². The number of allylic oxidation sites excluding steroid dienone is 1. The van der Waals surface area contributed by atoms with Crippen molar-refractivity contribution in [2.45, 2.75) is 38.7 Å². The third-order valence-corrected chi connectivity index (χ3v) is 3.52. The first-order valence-corrected chi connectivity index (χ1v) is 6.12. The quantitative estimate of drug-likeness (QED) is 0.408. The van der Waals surface area contributed by atoms with Crippen LogP contribution < -0.4 is 5.73 Å². The zero-order valence-corrected chi connectivity index (χ0v) is 9.82. The molecule has 0 bridgehead atoms. The zero-order valence-electron chi connectivity index (χ0n) is 9.82. The van der Waals surface area contributed by atoms with E-state index in [0.717, 1.165) is 35.9 Å². The van der Waals surface area contributed by atoms with E-state index in [-0.39, 0.29) is 0 Å². The third kappa shape index (κ3) is 2.75. The van der Waals surface area contributed by atoms with E-state index in [1.165, 1.54) is 6.42 Å². The molecule has 0 aliphatic heterocycles. The molecule has 0 aromatic rings. The molecule has 1 saturated carbocycles. The smallest absolute Gasteiger partial charge is 0.0850 e. The molecule has 4 heteroatoms. The van der Waals surface area contributed by atoms with Crippen LogP contribution >= 0.6 is 0 Å². The van der Waals surface area contributed by atoms with Gasteiger partial charge in [-0.05, 0) is 43.6 Å². The first-order chi connectivity index (χ1) is 7.72. The Hall–Kier alpha value is -0.580. The number of fused-ring (bicyclic) bond motifs is 1. The first-order valence-electron chi connectivity index (χ1n) is 6.12. The summed E-state index contributed by atoms with van der Waals surface area (Å²) in [6.07, 6.45) is 3.34. The number of aliphatic hydroxyl groups excluding tert-OH is 1.